The quantitative estimate of drug-likeness (QED) is 0.901. The van der Waals surface area contributed by atoms with Gasteiger partial charge in [0.05, 0.1) is 0 Å². The third-order valence-corrected chi connectivity index (χ3v) is 4.26. The predicted octanol–water partition coefficient (Wildman–Crippen LogP) is 2.19. The summed E-state index contributed by atoms with van der Waals surface area (Å²) in [6.45, 7) is 10.8. The van der Waals surface area contributed by atoms with E-state index in [-0.39, 0.29) is 5.60 Å². The van der Waals surface area contributed by atoms with Crippen LogP contribution >= 0.6 is 0 Å². The lowest BCUT2D eigenvalue weighted by atomic mass is 9.93. The maximum absolute atomic E-state index is 6.35. The molecule has 1 N–H and O–H groups in total. The minimum atomic E-state index is -0.00965. The fourth-order valence-corrected chi connectivity index (χ4v) is 3.10. The fraction of sp³-hybridized carbons (Fsp3) is 0.625. The summed E-state index contributed by atoms with van der Waals surface area (Å²) in [5.41, 5.74) is 2.79. The topological polar surface area (TPSA) is 24.5 Å². The molecule has 0 amide bonds. The zero-order chi connectivity index (χ0) is 13.5. The van der Waals surface area contributed by atoms with Gasteiger partial charge in [0, 0.05) is 25.7 Å². The largest absolute Gasteiger partial charge is 0.485 e. The van der Waals surface area contributed by atoms with E-state index in [9.17, 15) is 0 Å². The number of fused-ring (bicyclic) bond motifs is 1. The molecule has 1 fully saturated rings. The van der Waals surface area contributed by atoms with Crippen LogP contribution in [0.3, 0.4) is 0 Å². The summed E-state index contributed by atoms with van der Waals surface area (Å²) in [6.07, 6.45) is 1.08. The van der Waals surface area contributed by atoms with Crippen LogP contribution in [0.4, 0.5) is 0 Å². The van der Waals surface area contributed by atoms with Crippen LogP contribution in [0.1, 0.15) is 31.9 Å². The first-order chi connectivity index (χ1) is 9.07. The highest BCUT2D eigenvalue weighted by atomic mass is 16.5. The van der Waals surface area contributed by atoms with Gasteiger partial charge in [-0.05, 0) is 50.9 Å². The van der Waals surface area contributed by atoms with Crippen molar-refractivity contribution in [2.45, 2.75) is 45.4 Å². The Labute approximate surface area is 115 Å². The second kappa shape index (κ2) is 4.80. The molecule has 1 saturated heterocycles. The molecule has 2 aliphatic rings. The molecular formula is C16H24N2O. The van der Waals surface area contributed by atoms with Crippen LogP contribution < -0.4 is 10.1 Å². The number of hydrogen-bond donors (Lipinski definition) is 1. The molecule has 0 bridgehead atoms. The highest BCUT2D eigenvalue weighted by Crippen LogP contribution is 2.33. The van der Waals surface area contributed by atoms with Crippen LogP contribution in [-0.4, -0.2) is 36.2 Å². The van der Waals surface area contributed by atoms with Gasteiger partial charge in [-0.1, -0.05) is 12.1 Å². The van der Waals surface area contributed by atoms with Crippen LogP contribution in [0, 0.1) is 0 Å². The number of benzene rings is 1. The summed E-state index contributed by atoms with van der Waals surface area (Å²) in [5, 5.41) is 3.42. The molecular weight excluding hydrogens is 236 g/mol. The maximum atomic E-state index is 6.35. The predicted molar refractivity (Wildman–Crippen MR) is 77.6 cm³/mol. The summed E-state index contributed by atoms with van der Waals surface area (Å²) in [7, 11) is 0. The number of rotatable bonds is 3. The first kappa shape index (κ1) is 12.9. The van der Waals surface area contributed by atoms with Crippen molar-refractivity contribution in [3.05, 3.63) is 29.3 Å². The Morgan fingerprint density at radius 3 is 2.84 bits per heavy atom. The van der Waals surface area contributed by atoms with Crippen molar-refractivity contribution in [3.8, 4) is 5.75 Å². The SMILES string of the molecule is CC(C)N1CC(C)(Oc2cccc3c2CCNC3)C1. The van der Waals surface area contributed by atoms with E-state index in [4.69, 9.17) is 4.74 Å². The zero-order valence-corrected chi connectivity index (χ0v) is 12.2. The molecule has 0 saturated carbocycles. The molecule has 19 heavy (non-hydrogen) atoms. The number of likely N-dealkylation sites (tertiary alicyclic amines) is 1. The van der Waals surface area contributed by atoms with Gasteiger partial charge in [-0.2, -0.15) is 0 Å². The molecule has 3 rings (SSSR count). The lowest BCUT2D eigenvalue weighted by Crippen LogP contribution is -2.65. The van der Waals surface area contributed by atoms with Gasteiger partial charge in [-0.15, -0.1) is 0 Å². The average Bonchev–Trinajstić information content (AvgIpc) is 2.36. The van der Waals surface area contributed by atoms with Gasteiger partial charge in [0.25, 0.3) is 0 Å². The van der Waals surface area contributed by atoms with E-state index in [0.717, 1.165) is 38.3 Å². The third-order valence-electron chi connectivity index (χ3n) is 4.26. The molecule has 0 atom stereocenters. The highest BCUT2D eigenvalue weighted by Gasteiger charge is 2.42. The van der Waals surface area contributed by atoms with E-state index < -0.39 is 0 Å². The molecule has 1 aromatic carbocycles. The van der Waals surface area contributed by atoms with Crippen molar-refractivity contribution in [3.63, 3.8) is 0 Å². The minimum absolute atomic E-state index is 0.00965. The van der Waals surface area contributed by atoms with Crippen LogP contribution in [-0.2, 0) is 13.0 Å². The molecule has 0 unspecified atom stereocenters. The molecule has 3 nitrogen and oxygen atoms in total. The van der Waals surface area contributed by atoms with Crippen molar-refractivity contribution in [1.29, 1.82) is 0 Å². The number of ether oxygens (including phenoxy) is 1. The Bertz CT molecular complexity index is 464. The first-order valence-corrected chi connectivity index (χ1v) is 7.32. The van der Waals surface area contributed by atoms with E-state index in [0.29, 0.717) is 6.04 Å². The lowest BCUT2D eigenvalue weighted by molar-refractivity contribution is -0.0780. The van der Waals surface area contributed by atoms with Crippen LogP contribution in [0.2, 0.25) is 0 Å². The molecule has 0 aromatic heterocycles. The molecule has 1 aromatic rings. The molecule has 3 heteroatoms. The number of hydrogen-bond acceptors (Lipinski definition) is 3. The number of nitrogens with one attached hydrogen (secondary N) is 1. The summed E-state index contributed by atoms with van der Waals surface area (Å²) in [5.74, 6) is 1.10. The molecule has 0 spiro atoms. The lowest BCUT2D eigenvalue weighted by Gasteiger charge is -2.50. The van der Waals surface area contributed by atoms with Gasteiger partial charge < -0.3 is 10.1 Å². The van der Waals surface area contributed by atoms with Crippen molar-refractivity contribution in [2.75, 3.05) is 19.6 Å². The maximum Gasteiger partial charge on any atom is 0.131 e. The Morgan fingerprint density at radius 1 is 1.32 bits per heavy atom. The Morgan fingerprint density at radius 2 is 2.11 bits per heavy atom. The molecule has 2 heterocycles. The Kier molecular flexibility index (Phi) is 3.27. The summed E-state index contributed by atoms with van der Waals surface area (Å²) in [4.78, 5) is 2.46. The summed E-state index contributed by atoms with van der Waals surface area (Å²) >= 11 is 0. The molecule has 2 aliphatic heterocycles. The minimum Gasteiger partial charge on any atom is -0.485 e. The van der Waals surface area contributed by atoms with Crippen LogP contribution in [0.25, 0.3) is 0 Å². The van der Waals surface area contributed by atoms with E-state index in [1.165, 1.54) is 11.1 Å². The molecule has 0 aliphatic carbocycles. The standard InChI is InChI=1S/C16H24N2O/c1-12(2)18-10-16(3,11-18)19-15-6-4-5-13-9-17-8-7-14(13)15/h4-6,12,17H,7-11H2,1-3H3. The van der Waals surface area contributed by atoms with E-state index >= 15 is 0 Å². The molecule has 0 radical (unpaired) electrons. The van der Waals surface area contributed by atoms with E-state index in [1.54, 1.807) is 0 Å². The van der Waals surface area contributed by atoms with Gasteiger partial charge in [0.15, 0.2) is 0 Å². The average molecular weight is 260 g/mol. The second-order valence-corrected chi connectivity index (χ2v) is 6.37. The van der Waals surface area contributed by atoms with Gasteiger partial charge in [0.2, 0.25) is 0 Å². The summed E-state index contributed by atoms with van der Waals surface area (Å²) in [6, 6.07) is 7.07. The normalized spacial score (nSPS) is 21.9. The monoisotopic (exact) mass is 260 g/mol. The van der Waals surface area contributed by atoms with Gasteiger partial charge in [0.1, 0.15) is 11.4 Å². The van der Waals surface area contributed by atoms with Crippen molar-refractivity contribution in [2.24, 2.45) is 0 Å². The highest BCUT2D eigenvalue weighted by molar-refractivity contribution is 5.42. The Hall–Kier alpha value is -1.06. The van der Waals surface area contributed by atoms with E-state index in [1.807, 2.05) is 0 Å². The Balaban J connectivity index is 1.74. The van der Waals surface area contributed by atoms with Gasteiger partial charge in [-0.25, -0.2) is 0 Å². The zero-order valence-electron chi connectivity index (χ0n) is 12.2. The summed E-state index contributed by atoms with van der Waals surface area (Å²) < 4.78 is 6.35. The van der Waals surface area contributed by atoms with Gasteiger partial charge in [-0.3, -0.25) is 4.90 Å². The second-order valence-electron chi connectivity index (χ2n) is 6.37. The van der Waals surface area contributed by atoms with Crippen molar-refractivity contribution < 1.29 is 4.74 Å². The van der Waals surface area contributed by atoms with E-state index in [2.05, 4.69) is 49.2 Å². The van der Waals surface area contributed by atoms with Crippen LogP contribution in [0.15, 0.2) is 18.2 Å². The third kappa shape index (κ3) is 2.49. The fourth-order valence-electron chi connectivity index (χ4n) is 3.10. The van der Waals surface area contributed by atoms with Crippen molar-refractivity contribution >= 4 is 0 Å². The smallest absolute Gasteiger partial charge is 0.131 e. The van der Waals surface area contributed by atoms with Crippen molar-refractivity contribution in [1.82, 2.24) is 10.2 Å². The first-order valence-electron chi connectivity index (χ1n) is 7.32. The molecule has 104 valence electrons. The number of nitrogens with zero attached hydrogens (tertiary/aromatic N) is 1. The van der Waals surface area contributed by atoms with Gasteiger partial charge >= 0.3 is 0 Å². The van der Waals surface area contributed by atoms with Crippen LogP contribution in [0.5, 0.6) is 5.75 Å².